The molecule has 3 N–H and O–H groups in total. The van der Waals surface area contributed by atoms with Gasteiger partial charge in [-0.25, -0.2) is 4.79 Å². The minimum Gasteiger partial charge on any atom is -0.456 e. The van der Waals surface area contributed by atoms with Crippen LogP contribution < -0.4 is 11.1 Å². The van der Waals surface area contributed by atoms with Crippen molar-refractivity contribution in [3.63, 3.8) is 0 Å². The molecule has 1 heterocycles. The highest BCUT2D eigenvalue weighted by atomic mass is 79.9. The summed E-state index contributed by atoms with van der Waals surface area (Å²) in [6.07, 6.45) is 2.02. The summed E-state index contributed by atoms with van der Waals surface area (Å²) in [5.41, 5.74) is 6.27. The summed E-state index contributed by atoms with van der Waals surface area (Å²) in [5, 5.41) is 3.32. The number of carbonyl (C=O) groups excluding carboxylic acids is 1. The fourth-order valence-electron chi connectivity index (χ4n) is 2.65. The van der Waals surface area contributed by atoms with E-state index >= 15 is 0 Å². The minimum atomic E-state index is -0.500. The molecular formula is C15H20Br2N2O2. The average Bonchev–Trinajstić information content (AvgIpc) is 2.43. The molecule has 1 aliphatic rings. The first-order valence-electron chi connectivity index (χ1n) is 7.00. The van der Waals surface area contributed by atoms with Crippen LogP contribution >= 0.6 is 31.9 Å². The minimum absolute atomic E-state index is 0.361. The quantitative estimate of drug-likeness (QED) is 0.578. The van der Waals surface area contributed by atoms with E-state index in [1.807, 2.05) is 19.9 Å². The molecule has 0 bridgehead atoms. The molecular weight excluding hydrogens is 400 g/mol. The Morgan fingerprint density at radius 1 is 1.33 bits per heavy atom. The number of halogens is 2. The Labute approximate surface area is 142 Å². The molecule has 0 amide bonds. The van der Waals surface area contributed by atoms with Crippen molar-refractivity contribution < 1.29 is 9.53 Å². The summed E-state index contributed by atoms with van der Waals surface area (Å²) in [5.74, 6) is -0.0162. The first-order valence-corrected chi connectivity index (χ1v) is 8.58. The van der Waals surface area contributed by atoms with E-state index in [2.05, 4.69) is 37.2 Å². The Morgan fingerprint density at radius 2 is 1.95 bits per heavy atom. The summed E-state index contributed by atoms with van der Waals surface area (Å²) in [6, 6.07) is 3.50. The van der Waals surface area contributed by atoms with Gasteiger partial charge in [-0.15, -0.1) is 0 Å². The van der Waals surface area contributed by atoms with Gasteiger partial charge in [0.15, 0.2) is 0 Å². The number of nitrogen functional groups attached to an aromatic ring is 1. The first kappa shape index (κ1) is 16.8. The predicted octanol–water partition coefficient (Wildman–Crippen LogP) is 3.73. The lowest BCUT2D eigenvalue weighted by molar-refractivity contribution is -0.0367. The molecule has 0 spiro atoms. The number of piperidine rings is 1. The Bertz CT molecular complexity index is 541. The predicted molar refractivity (Wildman–Crippen MR) is 91.3 cm³/mol. The van der Waals surface area contributed by atoms with Gasteiger partial charge in [-0.3, -0.25) is 0 Å². The van der Waals surface area contributed by atoms with Crippen LogP contribution in [0.5, 0.6) is 0 Å². The van der Waals surface area contributed by atoms with Crippen molar-refractivity contribution in [1.82, 2.24) is 5.32 Å². The fourth-order valence-corrected chi connectivity index (χ4v) is 3.87. The summed E-state index contributed by atoms with van der Waals surface area (Å²) >= 11 is 6.72. The Hall–Kier alpha value is -0.590. The van der Waals surface area contributed by atoms with Crippen LogP contribution in [0.1, 0.15) is 37.0 Å². The van der Waals surface area contributed by atoms with Crippen LogP contribution in [-0.4, -0.2) is 24.7 Å². The number of nitrogens with two attached hydrogens (primary N) is 1. The zero-order chi connectivity index (χ0) is 15.6. The second-order valence-electron chi connectivity index (χ2n) is 5.87. The highest BCUT2D eigenvalue weighted by Crippen LogP contribution is 2.33. The second kappa shape index (κ2) is 6.67. The van der Waals surface area contributed by atoms with Gasteiger partial charge >= 0.3 is 5.97 Å². The van der Waals surface area contributed by atoms with E-state index < -0.39 is 5.60 Å². The topological polar surface area (TPSA) is 64.3 Å². The molecule has 1 aliphatic heterocycles. The highest BCUT2D eigenvalue weighted by molar-refractivity contribution is 9.11. The first-order chi connectivity index (χ1) is 9.81. The number of nitrogens with one attached hydrogen (secondary N) is 1. The number of carbonyl (C=O) groups is 1. The lowest BCUT2D eigenvalue weighted by Gasteiger charge is -2.36. The lowest BCUT2D eigenvalue weighted by Crippen LogP contribution is -2.42. The summed E-state index contributed by atoms with van der Waals surface area (Å²) in [4.78, 5) is 12.5. The Morgan fingerprint density at radius 3 is 2.57 bits per heavy atom. The van der Waals surface area contributed by atoms with Crippen LogP contribution in [0.25, 0.3) is 0 Å². The fraction of sp³-hybridized carbons (Fsp3) is 0.533. The molecule has 6 heteroatoms. The van der Waals surface area contributed by atoms with E-state index in [0.29, 0.717) is 21.6 Å². The van der Waals surface area contributed by atoms with Gasteiger partial charge in [-0.1, -0.05) is 15.9 Å². The third kappa shape index (κ3) is 3.99. The van der Waals surface area contributed by atoms with Gasteiger partial charge < -0.3 is 15.8 Å². The molecule has 0 radical (unpaired) electrons. The van der Waals surface area contributed by atoms with Crippen molar-refractivity contribution >= 4 is 43.5 Å². The van der Waals surface area contributed by atoms with E-state index in [-0.39, 0.29) is 5.97 Å². The SMILES string of the molecule is CC(C)(OC(=O)c1cc(Br)cc(Br)c1N)C1CCNCC1. The smallest absolute Gasteiger partial charge is 0.340 e. The van der Waals surface area contributed by atoms with E-state index in [0.717, 1.165) is 30.4 Å². The molecule has 0 atom stereocenters. The standard InChI is InChI=1S/C15H20Br2N2O2/c1-15(2,9-3-5-19-6-4-9)21-14(20)11-7-10(16)8-12(17)13(11)18/h7-9,19H,3-6,18H2,1-2H3. The van der Waals surface area contributed by atoms with Crippen molar-refractivity contribution in [1.29, 1.82) is 0 Å². The van der Waals surface area contributed by atoms with Crippen LogP contribution in [0.3, 0.4) is 0 Å². The van der Waals surface area contributed by atoms with Gasteiger partial charge in [0.25, 0.3) is 0 Å². The monoisotopic (exact) mass is 418 g/mol. The maximum absolute atomic E-state index is 12.5. The molecule has 0 unspecified atom stereocenters. The molecule has 0 saturated carbocycles. The second-order valence-corrected chi connectivity index (χ2v) is 7.64. The number of esters is 1. The number of hydrogen-bond acceptors (Lipinski definition) is 4. The van der Waals surface area contributed by atoms with E-state index in [1.165, 1.54) is 0 Å². The Balaban J connectivity index is 2.17. The summed E-state index contributed by atoms with van der Waals surface area (Å²) in [6.45, 7) is 5.89. The van der Waals surface area contributed by atoms with Crippen molar-refractivity contribution in [2.45, 2.75) is 32.3 Å². The Kier molecular flexibility index (Phi) is 5.33. The molecule has 1 fully saturated rings. The van der Waals surface area contributed by atoms with Crippen molar-refractivity contribution in [3.8, 4) is 0 Å². The van der Waals surface area contributed by atoms with Crippen LogP contribution in [0.2, 0.25) is 0 Å². The number of anilines is 1. The third-order valence-electron chi connectivity index (χ3n) is 3.99. The van der Waals surface area contributed by atoms with Crippen LogP contribution in [-0.2, 0) is 4.74 Å². The molecule has 1 saturated heterocycles. The number of ether oxygens (including phenoxy) is 1. The van der Waals surface area contributed by atoms with E-state index in [1.54, 1.807) is 6.07 Å². The molecule has 2 rings (SSSR count). The molecule has 1 aromatic carbocycles. The molecule has 116 valence electrons. The molecule has 0 aliphatic carbocycles. The van der Waals surface area contributed by atoms with Crippen molar-refractivity contribution in [3.05, 3.63) is 26.6 Å². The molecule has 1 aromatic rings. The number of hydrogen-bond donors (Lipinski definition) is 2. The van der Waals surface area contributed by atoms with Gasteiger partial charge in [0.05, 0.1) is 11.3 Å². The molecule has 4 nitrogen and oxygen atoms in total. The number of rotatable bonds is 3. The summed E-state index contributed by atoms with van der Waals surface area (Å²) in [7, 11) is 0. The maximum atomic E-state index is 12.5. The van der Waals surface area contributed by atoms with Crippen molar-refractivity contribution in [2.75, 3.05) is 18.8 Å². The van der Waals surface area contributed by atoms with Crippen LogP contribution in [0, 0.1) is 5.92 Å². The third-order valence-corrected chi connectivity index (χ3v) is 5.11. The van der Waals surface area contributed by atoms with E-state index in [4.69, 9.17) is 10.5 Å². The highest BCUT2D eigenvalue weighted by Gasteiger charge is 2.34. The van der Waals surface area contributed by atoms with E-state index in [9.17, 15) is 4.79 Å². The molecule has 0 aromatic heterocycles. The molecule has 21 heavy (non-hydrogen) atoms. The summed E-state index contributed by atoms with van der Waals surface area (Å²) < 4.78 is 7.24. The van der Waals surface area contributed by atoms with Gasteiger partial charge in [0.1, 0.15) is 5.60 Å². The van der Waals surface area contributed by atoms with Gasteiger partial charge in [-0.2, -0.15) is 0 Å². The number of benzene rings is 1. The van der Waals surface area contributed by atoms with Gasteiger partial charge in [0, 0.05) is 14.9 Å². The van der Waals surface area contributed by atoms with Crippen LogP contribution in [0.15, 0.2) is 21.1 Å². The largest absolute Gasteiger partial charge is 0.456 e. The van der Waals surface area contributed by atoms with Crippen molar-refractivity contribution in [2.24, 2.45) is 5.92 Å². The van der Waals surface area contributed by atoms with Crippen LogP contribution in [0.4, 0.5) is 5.69 Å². The maximum Gasteiger partial charge on any atom is 0.340 e. The van der Waals surface area contributed by atoms with Gasteiger partial charge in [-0.05, 0) is 67.8 Å². The average molecular weight is 420 g/mol. The van der Waals surface area contributed by atoms with Gasteiger partial charge in [0.2, 0.25) is 0 Å². The zero-order valence-corrected chi connectivity index (χ0v) is 15.4. The lowest BCUT2D eigenvalue weighted by atomic mass is 9.83. The normalized spacial score (nSPS) is 16.8. The zero-order valence-electron chi connectivity index (χ0n) is 12.2.